The number of aryl methyl sites for hydroxylation is 1. The monoisotopic (exact) mass is 402 g/mol. The number of nitrogen functional groups attached to an aromatic ring is 1. The molecule has 2 saturated carbocycles. The van der Waals surface area contributed by atoms with Gasteiger partial charge >= 0.3 is 0 Å². The summed E-state index contributed by atoms with van der Waals surface area (Å²) < 4.78 is 3.69. The third-order valence-corrected chi connectivity index (χ3v) is 6.29. The van der Waals surface area contributed by atoms with Gasteiger partial charge in [-0.3, -0.25) is 24.5 Å². The zero-order valence-electron chi connectivity index (χ0n) is 16.6. The third-order valence-electron chi connectivity index (χ3n) is 6.29. The predicted octanol–water partition coefficient (Wildman–Crippen LogP) is 2.53. The summed E-state index contributed by atoms with van der Waals surface area (Å²) in [5, 5.41) is 12.3. The summed E-state index contributed by atoms with van der Waals surface area (Å²) in [4.78, 5) is 21.9. The Morgan fingerprint density at radius 2 is 1.93 bits per heavy atom. The van der Waals surface area contributed by atoms with Gasteiger partial charge in [-0.2, -0.15) is 10.2 Å². The fourth-order valence-corrected chi connectivity index (χ4v) is 4.56. The molecular formula is C21H22N8O. The van der Waals surface area contributed by atoms with E-state index >= 15 is 0 Å². The predicted molar refractivity (Wildman–Crippen MR) is 112 cm³/mol. The lowest BCUT2D eigenvalue weighted by Gasteiger charge is -2.20. The fraction of sp³-hybridized carbons (Fsp3) is 0.381. The Bertz CT molecular complexity index is 1300. The zero-order chi connectivity index (χ0) is 20.4. The number of nitrogens with one attached hydrogen (secondary N) is 1. The van der Waals surface area contributed by atoms with Crippen molar-refractivity contribution < 1.29 is 0 Å². The van der Waals surface area contributed by atoms with Gasteiger partial charge in [-0.25, -0.2) is 0 Å². The van der Waals surface area contributed by atoms with Gasteiger partial charge in [-0.1, -0.05) is 0 Å². The standard InChI is InChI=1S/C21H22N8O/c1-28-16(15-9-23-6-7-24-15)8-14(27-28)13-10-29(19(11-2-3-11)12-4-5-12)21(30)17-18(13)25-26-20(17)22/h6-12,19H,2-5H2,1H3,(H3,22,25,26). The summed E-state index contributed by atoms with van der Waals surface area (Å²) in [5.74, 6) is 1.39. The van der Waals surface area contributed by atoms with Crippen LogP contribution in [0.15, 0.2) is 35.6 Å². The van der Waals surface area contributed by atoms with Crippen molar-refractivity contribution >= 4 is 16.7 Å². The van der Waals surface area contributed by atoms with Gasteiger partial charge in [0.15, 0.2) is 5.82 Å². The maximum atomic E-state index is 13.4. The van der Waals surface area contributed by atoms with Crippen LogP contribution < -0.4 is 11.3 Å². The Hall–Kier alpha value is -3.49. The van der Waals surface area contributed by atoms with Crippen LogP contribution in [0.3, 0.4) is 0 Å². The highest BCUT2D eigenvalue weighted by atomic mass is 16.1. The van der Waals surface area contributed by atoms with Crippen molar-refractivity contribution in [2.45, 2.75) is 31.7 Å². The highest BCUT2D eigenvalue weighted by Crippen LogP contribution is 2.52. The quantitative estimate of drug-likeness (QED) is 0.529. The molecule has 0 saturated heterocycles. The summed E-state index contributed by atoms with van der Waals surface area (Å²) in [6.45, 7) is 0. The van der Waals surface area contributed by atoms with Crippen LogP contribution in [0.2, 0.25) is 0 Å². The van der Waals surface area contributed by atoms with Crippen molar-refractivity contribution in [1.29, 1.82) is 0 Å². The normalized spacial score (nSPS) is 16.6. The van der Waals surface area contributed by atoms with Crippen molar-refractivity contribution in [3.63, 3.8) is 0 Å². The maximum Gasteiger partial charge on any atom is 0.264 e. The zero-order valence-corrected chi connectivity index (χ0v) is 16.6. The van der Waals surface area contributed by atoms with E-state index in [-0.39, 0.29) is 17.4 Å². The molecule has 3 N–H and O–H groups in total. The minimum Gasteiger partial charge on any atom is -0.382 e. The lowest BCUT2D eigenvalue weighted by Crippen LogP contribution is -2.27. The first kappa shape index (κ1) is 17.4. The largest absolute Gasteiger partial charge is 0.382 e. The van der Waals surface area contributed by atoms with E-state index in [4.69, 9.17) is 10.8 Å². The first-order valence-electron chi connectivity index (χ1n) is 10.3. The molecule has 0 aliphatic heterocycles. The average molecular weight is 402 g/mol. The molecule has 2 fully saturated rings. The second-order valence-electron chi connectivity index (χ2n) is 8.41. The summed E-state index contributed by atoms with van der Waals surface area (Å²) in [5.41, 5.74) is 9.82. The Morgan fingerprint density at radius 3 is 2.60 bits per heavy atom. The number of nitrogens with two attached hydrogens (primary N) is 1. The van der Waals surface area contributed by atoms with E-state index in [1.54, 1.807) is 23.3 Å². The van der Waals surface area contributed by atoms with Crippen molar-refractivity contribution in [2.24, 2.45) is 18.9 Å². The van der Waals surface area contributed by atoms with Crippen molar-refractivity contribution in [3.05, 3.63) is 41.2 Å². The van der Waals surface area contributed by atoms with Crippen LogP contribution in [-0.2, 0) is 7.05 Å². The molecule has 0 unspecified atom stereocenters. The van der Waals surface area contributed by atoms with Crippen LogP contribution in [0.1, 0.15) is 31.7 Å². The number of fused-ring (bicyclic) bond motifs is 1. The first-order chi connectivity index (χ1) is 14.6. The van der Waals surface area contributed by atoms with Crippen LogP contribution in [0.4, 0.5) is 5.82 Å². The number of pyridine rings is 1. The van der Waals surface area contributed by atoms with E-state index in [2.05, 4.69) is 20.2 Å². The Balaban J connectivity index is 1.57. The van der Waals surface area contributed by atoms with E-state index in [9.17, 15) is 4.79 Å². The molecule has 0 spiro atoms. The van der Waals surface area contributed by atoms with Crippen molar-refractivity contribution in [2.75, 3.05) is 5.73 Å². The Labute approximate surface area is 172 Å². The van der Waals surface area contributed by atoms with E-state index in [1.807, 2.05) is 23.9 Å². The lowest BCUT2D eigenvalue weighted by atomic mass is 10.0. The highest BCUT2D eigenvalue weighted by Gasteiger charge is 2.43. The lowest BCUT2D eigenvalue weighted by molar-refractivity contribution is 0.386. The van der Waals surface area contributed by atoms with Crippen molar-refractivity contribution in [1.82, 2.24) is 34.5 Å². The second kappa shape index (κ2) is 6.25. The minimum absolute atomic E-state index is 0.0612. The van der Waals surface area contributed by atoms with E-state index in [1.165, 1.54) is 25.7 Å². The fourth-order valence-electron chi connectivity index (χ4n) is 4.56. The smallest absolute Gasteiger partial charge is 0.264 e. The molecule has 2 aliphatic carbocycles. The molecule has 0 radical (unpaired) electrons. The Morgan fingerprint density at radius 1 is 1.17 bits per heavy atom. The average Bonchev–Trinajstić information content (AvgIpc) is 3.68. The third kappa shape index (κ3) is 2.65. The van der Waals surface area contributed by atoms with Gasteiger partial charge in [0.1, 0.15) is 11.1 Å². The van der Waals surface area contributed by atoms with Crippen LogP contribution in [-0.4, -0.2) is 34.5 Å². The number of anilines is 1. The summed E-state index contributed by atoms with van der Waals surface area (Å²) in [7, 11) is 1.87. The second-order valence-corrected chi connectivity index (χ2v) is 8.41. The Kier molecular flexibility index (Phi) is 3.62. The summed E-state index contributed by atoms with van der Waals surface area (Å²) in [6.07, 6.45) is 11.7. The molecule has 2 aliphatic rings. The van der Waals surface area contributed by atoms with E-state index in [0.717, 1.165) is 22.6 Å². The molecule has 9 nitrogen and oxygen atoms in total. The SMILES string of the molecule is Cn1nc(-c2cn(C(C3CC3)C3CC3)c(=O)c3c(N)n[nH]c23)cc1-c1cnccn1. The van der Waals surface area contributed by atoms with E-state index in [0.29, 0.717) is 22.7 Å². The van der Waals surface area contributed by atoms with Crippen LogP contribution in [0.25, 0.3) is 33.5 Å². The molecule has 4 heterocycles. The van der Waals surface area contributed by atoms with Gasteiger partial charge in [0.25, 0.3) is 5.56 Å². The van der Waals surface area contributed by atoms with Gasteiger partial charge in [-0.05, 0) is 43.6 Å². The van der Waals surface area contributed by atoms with Crippen LogP contribution >= 0.6 is 0 Å². The molecule has 0 atom stereocenters. The topological polar surface area (TPSA) is 120 Å². The number of aromatic nitrogens is 7. The summed E-state index contributed by atoms with van der Waals surface area (Å²) in [6, 6.07) is 2.20. The van der Waals surface area contributed by atoms with Gasteiger partial charge in [0.05, 0.1) is 23.1 Å². The minimum atomic E-state index is -0.0612. The molecule has 152 valence electrons. The number of nitrogens with zero attached hydrogens (tertiary/aromatic N) is 6. The molecule has 9 heteroatoms. The van der Waals surface area contributed by atoms with Gasteiger partial charge < -0.3 is 10.3 Å². The number of H-pyrrole nitrogens is 1. The number of aromatic amines is 1. The van der Waals surface area contributed by atoms with Gasteiger partial charge in [0.2, 0.25) is 0 Å². The summed E-state index contributed by atoms with van der Waals surface area (Å²) >= 11 is 0. The molecule has 30 heavy (non-hydrogen) atoms. The van der Waals surface area contributed by atoms with E-state index < -0.39 is 0 Å². The number of hydrogen-bond acceptors (Lipinski definition) is 6. The van der Waals surface area contributed by atoms with Crippen LogP contribution in [0.5, 0.6) is 0 Å². The molecule has 4 aromatic heterocycles. The molecule has 4 aromatic rings. The molecule has 0 aromatic carbocycles. The van der Waals surface area contributed by atoms with Gasteiger partial charge in [0, 0.05) is 37.2 Å². The number of rotatable bonds is 5. The number of hydrogen-bond donors (Lipinski definition) is 2. The van der Waals surface area contributed by atoms with Crippen LogP contribution in [0, 0.1) is 11.8 Å². The molecule has 0 amide bonds. The maximum absolute atomic E-state index is 13.4. The van der Waals surface area contributed by atoms with Gasteiger partial charge in [-0.15, -0.1) is 0 Å². The van der Waals surface area contributed by atoms with Crippen molar-refractivity contribution in [3.8, 4) is 22.6 Å². The highest BCUT2D eigenvalue weighted by molar-refractivity contribution is 5.97. The molecule has 0 bridgehead atoms. The first-order valence-corrected chi connectivity index (χ1v) is 10.3. The molecule has 6 rings (SSSR count). The molecular weight excluding hydrogens is 380 g/mol.